The minimum Gasteiger partial charge on any atom is -0.363 e. The van der Waals surface area contributed by atoms with Crippen LogP contribution in [-0.2, 0) is 9.53 Å². The lowest BCUT2D eigenvalue weighted by Gasteiger charge is -2.35. The van der Waals surface area contributed by atoms with Crippen LogP contribution in [0.3, 0.4) is 0 Å². The molecule has 1 aliphatic carbocycles. The number of aryl methyl sites for hydroxylation is 1. The number of nitrogens with one attached hydrogen (secondary N) is 1. The zero-order valence-electron chi connectivity index (χ0n) is 13.6. The Hall–Kier alpha value is -1.69. The second-order valence-electron chi connectivity index (χ2n) is 7.01. The number of ether oxygens (including phenoxy) is 1. The molecule has 1 aromatic heterocycles. The quantitative estimate of drug-likeness (QED) is 0.910. The van der Waals surface area contributed by atoms with E-state index in [0.29, 0.717) is 12.0 Å². The monoisotopic (exact) mass is 316 g/mol. The first kappa shape index (κ1) is 14.9. The standard InChI is InChI=1S/C17H24N4O2/c1-11-2-7-16(20-19-11)21-9-8-14-13(21)5-6-15(23-14)17(22)18-10-12-3-4-12/h2,7,12-15H,3-6,8-10H2,1H3,(H,18,22)/t13-,14-,15-/m1/s1. The Balaban J connectivity index is 1.36. The van der Waals surface area contributed by atoms with Crippen LogP contribution in [0, 0.1) is 12.8 Å². The van der Waals surface area contributed by atoms with Gasteiger partial charge in [-0.3, -0.25) is 4.79 Å². The minimum absolute atomic E-state index is 0.0731. The molecule has 0 bridgehead atoms. The van der Waals surface area contributed by atoms with Gasteiger partial charge in [0.2, 0.25) is 5.91 Å². The summed E-state index contributed by atoms with van der Waals surface area (Å²) < 4.78 is 6.10. The maximum Gasteiger partial charge on any atom is 0.249 e. The summed E-state index contributed by atoms with van der Waals surface area (Å²) in [6, 6.07) is 4.34. The number of nitrogens with zero attached hydrogens (tertiary/aromatic N) is 3. The van der Waals surface area contributed by atoms with E-state index in [1.807, 2.05) is 19.1 Å². The first-order valence-corrected chi connectivity index (χ1v) is 8.71. The van der Waals surface area contributed by atoms with Gasteiger partial charge in [-0.1, -0.05) is 0 Å². The number of carbonyl (C=O) groups is 1. The summed E-state index contributed by atoms with van der Waals surface area (Å²) >= 11 is 0. The van der Waals surface area contributed by atoms with E-state index in [-0.39, 0.29) is 18.1 Å². The smallest absolute Gasteiger partial charge is 0.249 e. The number of fused-ring (bicyclic) bond motifs is 1. The fourth-order valence-corrected chi connectivity index (χ4v) is 3.63. The van der Waals surface area contributed by atoms with E-state index in [1.165, 1.54) is 12.8 Å². The molecule has 23 heavy (non-hydrogen) atoms. The van der Waals surface area contributed by atoms with E-state index >= 15 is 0 Å². The van der Waals surface area contributed by atoms with Crippen molar-refractivity contribution >= 4 is 11.7 Å². The molecular formula is C17H24N4O2. The second kappa shape index (κ2) is 6.07. The highest BCUT2D eigenvalue weighted by Crippen LogP contribution is 2.34. The fourth-order valence-electron chi connectivity index (χ4n) is 3.63. The molecule has 3 fully saturated rings. The van der Waals surface area contributed by atoms with Crippen molar-refractivity contribution in [3.63, 3.8) is 0 Å². The van der Waals surface area contributed by atoms with Crippen LogP contribution in [0.2, 0.25) is 0 Å². The lowest BCUT2D eigenvalue weighted by atomic mass is 9.98. The molecule has 4 rings (SSSR count). The minimum atomic E-state index is -0.279. The highest BCUT2D eigenvalue weighted by molar-refractivity contribution is 5.81. The molecule has 124 valence electrons. The molecule has 1 aromatic rings. The van der Waals surface area contributed by atoms with Crippen molar-refractivity contribution in [1.82, 2.24) is 15.5 Å². The van der Waals surface area contributed by atoms with Crippen LogP contribution in [0.1, 0.15) is 37.8 Å². The van der Waals surface area contributed by atoms with Crippen molar-refractivity contribution in [3.8, 4) is 0 Å². The van der Waals surface area contributed by atoms with Crippen LogP contribution < -0.4 is 10.2 Å². The van der Waals surface area contributed by atoms with Gasteiger partial charge in [0, 0.05) is 13.1 Å². The maximum absolute atomic E-state index is 12.2. The Labute approximate surface area is 136 Å². The molecule has 2 saturated heterocycles. The van der Waals surface area contributed by atoms with Gasteiger partial charge < -0.3 is 15.0 Å². The number of hydrogen-bond donors (Lipinski definition) is 1. The summed E-state index contributed by atoms with van der Waals surface area (Å²) in [5.41, 5.74) is 0.928. The third kappa shape index (κ3) is 3.17. The molecule has 2 aliphatic heterocycles. The van der Waals surface area contributed by atoms with E-state index in [1.54, 1.807) is 0 Å². The van der Waals surface area contributed by atoms with E-state index < -0.39 is 0 Å². The molecule has 6 heteroatoms. The predicted molar refractivity (Wildman–Crippen MR) is 86.1 cm³/mol. The number of rotatable bonds is 4. The second-order valence-corrected chi connectivity index (χ2v) is 7.01. The number of carbonyl (C=O) groups excluding carboxylic acids is 1. The van der Waals surface area contributed by atoms with Crippen LogP contribution in [0.15, 0.2) is 12.1 Å². The zero-order valence-corrected chi connectivity index (χ0v) is 13.6. The zero-order chi connectivity index (χ0) is 15.8. The van der Waals surface area contributed by atoms with E-state index in [9.17, 15) is 4.79 Å². The first-order chi connectivity index (χ1) is 11.2. The Morgan fingerprint density at radius 3 is 2.87 bits per heavy atom. The number of amides is 1. The largest absolute Gasteiger partial charge is 0.363 e. The van der Waals surface area contributed by atoms with Crippen molar-refractivity contribution < 1.29 is 9.53 Å². The molecule has 1 N–H and O–H groups in total. The van der Waals surface area contributed by atoms with E-state index in [0.717, 1.165) is 43.9 Å². The third-order valence-corrected chi connectivity index (χ3v) is 5.18. The Bertz CT molecular complexity index is 572. The predicted octanol–water partition coefficient (Wildman–Crippen LogP) is 1.44. The number of anilines is 1. The van der Waals surface area contributed by atoms with Gasteiger partial charge in [0.1, 0.15) is 6.10 Å². The third-order valence-electron chi connectivity index (χ3n) is 5.18. The molecular weight excluding hydrogens is 292 g/mol. The van der Waals surface area contributed by atoms with E-state index in [2.05, 4.69) is 20.4 Å². The molecule has 3 aliphatic rings. The van der Waals surface area contributed by atoms with Gasteiger partial charge in [-0.2, -0.15) is 5.10 Å². The highest BCUT2D eigenvalue weighted by Gasteiger charge is 2.42. The summed E-state index contributed by atoms with van der Waals surface area (Å²) in [7, 11) is 0. The maximum atomic E-state index is 12.2. The lowest BCUT2D eigenvalue weighted by molar-refractivity contribution is -0.141. The van der Waals surface area contributed by atoms with Crippen LogP contribution in [0.5, 0.6) is 0 Å². The van der Waals surface area contributed by atoms with Crippen LogP contribution in [-0.4, -0.2) is 47.4 Å². The van der Waals surface area contributed by atoms with Crippen molar-refractivity contribution in [2.75, 3.05) is 18.0 Å². The van der Waals surface area contributed by atoms with Gasteiger partial charge >= 0.3 is 0 Å². The normalized spacial score (nSPS) is 30.1. The molecule has 0 aromatic carbocycles. The Morgan fingerprint density at radius 2 is 2.13 bits per heavy atom. The Kier molecular flexibility index (Phi) is 3.93. The molecule has 0 radical (unpaired) electrons. The fraction of sp³-hybridized carbons (Fsp3) is 0.706. The summed E-state index contributed by atoms with van der Waals surface area (Å²) in [6.45, 7) is 3.68. The molecule has 0 unspecified atom stereocenters. The van der Waals surface area contributed by atoms with Crippen molar-refractivity contribution in [2.24, 2.45) is 5.92 Å². The molecule has 6 nitrogen and oxygen atoms in total. The highest BCUT2D eigenvalue weighted by atomic mass is 16.5. The molecule has 3 atom stereocenters. The molecule has 1 amide bonds. The van der Waals surface area contributed by atoms with Gasteiger partial charge in [0.25, 0.3) is 0 Å². The topological polar surface area (TPSA) is 67.3 Å². The van der Waals surface area contributed by atoms with Crippen molar-refractivity contribution in [3.05, 3.63) is 17.8 Å². The Morgan fingerprint density at radius 1 is 1.26 bits per heavy atom. The van der Waals surface area contributed by atoms with Gasteiger partial charge in [0.15, 0.2) is 5.82 Å². The average molecular weight is 316 g/mol. The van der Waals surface area contributed by atoms with E-state index in [4.69, 9.17) is 4.74 Å². The van der Waals surface area contributed by atoms with Gasteiger partial charge in [-0.05, 0) is 57.1 Å². The number of aromatic nitrogens is 2. The average Bonchev–Trinajstić information content (AvgIpc) is 3.31. The van der Waals surface area contributed by atoms with Crippen molar-refractivity contribution in [2.45, 2.75) is 57.3 Å². The van der Waals surface area contributed by atoms with Crippen LogP contribution in [0.4, 0.5) is 5.82 Å². The van der Waals surface area contributed by atoms with Crippen LogP contribution >= 0.6 is 0 Å². The SMILES string of the molecule is Cc1ccc(N2CC[C@H]3O[C@@H](C(=O)NCC4CC4)CC[C@H]32)nn1. The summed E-state index contributed by atoms with van der Waals surface area (Å²) in [4.78, 5) is 14.5. The number of hydrogen-bond acceptors (Lipinski definition) is 5. The summed E-state index contributed by atoms with van der Waals surface area (Å²) in [5.74, 6) is 1.70. The lowest BCUT2D eigenvalue weighted by Crippen LogP contribution is -2.48. The van der Waals surface area contributed by atoms with Crippen LogP contribution in [0.25, 0.3) is 0 Å². The molecule has 0 spiro atoms. The molecule has 3 heterocycles. The summed E-state index contributed by atoms with van der Waals surface area (Å²) in [6.07, 6.45) is 5.07. The van der Waals surface area contributed by atoms with Gasteiger partial charge in [0.05, 0.1) is 17.8 Å². The summed E-state index contributed by atoms with van der Waals surface area (Å²) in [5, 5.41) is 11.5. The van der Waals surface area contributed by atoms with Gasteiger partial charge in [-0.15, -0.1) is 5.10 Å². The first-order valence-electron chi connectivity index (χ1n) is 8.71. The van der Waals surface area contributed by atoms with Gasteiger partial charge in [-0.25, -0.2) is 0 Å². The molecule has 1 saturated carbocycles. The van der Waals surface area contributed by atoms with Crippen molar-refractivity contribution in [1.29, 1.82) is 0 Å².